The number of nitrogens with one attached hydrogen (secondary N) is 2. The van der Waals surface area contributed by atoms with Crippen LogP contribution in [-0.4, -0.2) is 30.5 Å². The molecule has 0 unspecified atom stereocenters. The van der Waals surface area contributed by atoms with E-state index >= 15 is 0 Å². The van der Waals surface area contributed by atoms with Crippen LogP contribution < -0.4 is 16.4 Å². The number of para-hydroxylation sites is 1. The molecule has 0 fully saturated rings. The number of nitrogens with two attached hydrogens (primary N) is 1. The molecule has 4 rings (SSSR count). The van der Waals surface area contributed by atoms with Gasteiger partial charge in [0.2, 0.25) is 11.9 Å². The van der Waals surface area contributed by atoms with Gasteiger partial charge in [0.05, 0.1) is 0 Å². The molecule has 0 aliphatic rings. The van der Waals surface area contributed by atoms with E-state index in [9.17, 15) is 4.79 Å². The standard InChI is InChI=1S/C20H18N8O/c1-13(29)14-6-5-9-16(10-14)25-20-26-19(21)28(27-20)18-11-17(22-12-23-18)24-15-7-3-2-4-8-15/h2-12H,1H3,(H,22,23,24)(H3,21,25,26,27). The Kier molecular flexibility index (Phi) is 4.85. The summed E-state index contributed by atoms with van der Waals surface area (Å²) in [5.41, 5.74) is 8.20. The number of carbonyl (C=O) groups excluding carboxylic acids is 1. The molecule has 2 aromatic heterocycles. The molecule has 9 heteroatoms. The van der Waals surface area contributed by atoms with E-state index in [4.69, 9.17) is 5.73 Å². The first kappa shape index (κ1) is 18.1. The summed E-state index contributed by atoms with van der Waals surface area (Å²) in [5, 5.41) is 10.6. The van der Waals surface area contributed by atoms with Gasteiger partial charge in [-0.05, 0) is 31.2 Å². The molecule has 0 saturated heterocycles. The van der Waals surface area contributed by atoms with Crippen molar-refractivity contribution in [2.75, 3.05) is 16.4 Å². The van der Waals surface area contributed by atoms with E-state index < -0.39 is 0 Å². The lowest BCUT2D eigenvalue weighted by Crippen LogP contribution is -2.06. The molecule has 0 radical (unpaired) electrons. The number of anilines is 5. The van der Waals surface area contributed by atoms with Gasteiger partial charge in [-0.15, -0.1) is 5.10 Å². The fourth-order valence-corrected chi connectivity index (χ4v) is 2.69. The van der Waals surface area contributed by atoms with Gasteiger partial charge < -0.3 is 16.4 Å². The Labute approximate surface area is 166 Å². The maximum absolute atomic E-state index is 11.6. The first-order chi connectivity index (χ1) is 14.1. The summed E-state index contributed by atoms with van der Waals surface area (Å²) < 4.78 is 1.41. The average Bonchev–Trinajstić information content (AvgIpc) is 3.09. The summed E-state index contributed by atoms with van der Waals surface area (Å²) in [4.78, 5) is 24.2. The number of carbonyl (C=O) groups is 1. The molecule has 4 N–H and O–H groups in total. The number of nitrogens with zero attached hydrogens (tertiary/aromatic N) is 5. The second-order valence-electron chi connectivity index (χ2n) is 6.22. The maximum Gasteiger partial charge on any atom is 0.248 e. The van der Waals surface area contributed by atoms with E-state index in [2.05, 4.69) is 30.7 Å². The van der Waals surface area contributed by atoms with Crippen molar-refractivity contribution in [3.8, 4) is 5.82 Å². The van der Waals surface area contributed by atoms with Crippen LogP contribution >= 0.6 is 0 Å². The lowest BCUT2D eigenvalue weighted by molar-refractivity contribution is 0.101. The highest BCUT2D eigenvalue weighted by Crippen LogP contribution is 2.20. The normalized spacial score (nSPS) is 10.5. The first-order valence-corrected chi connectivity index (χ1v) is 8.83. The number of rotatable bonds is 6. The number of nitrogen functional groups attached to an aromatic ring is 1. The fourth-order valence-electron chi connectivity index (χ4n) is 2.69. The van der Waals surface area contributed by atoms with E-state index in [0.717, 1.165) is 5.69 Å². The highest BCUT2D eigenvalue weighted by Gasteiger charge is 2.12. The van der Waals surface area contributed by atoms with Crippen molar-refractivity contribution in [2.24, 2.45) is 0 Å². The Hall–Kier alpha value is -4.27. The smallest absolute Gasteiger partial charge is 0.248 e. The van der Waals surface area contributed by atoms with Crippen LogP contribution in [0.15, 0.2) is 67.0 Å². The highest BCUT2D eigenvalue weighted by molar-refractivity contribution is 5.95. The Morgan fingerprint density at radius 1 is 0.966 bits per heavy atom. The summed E-state index contributed by atoms with van der Waals surface area (Å²) in [7, 11) is 0. The summed E-state index contributed by atoms with van der Waals surface area (Å²) in [5.74, 6) is 1.50. The minimum Gasteiger partial charge on any atom is -0.368 e. The molecule has 2 aromatic carbocycles. The topological polar surface area (TPSA) is 124 Å². The van der Waals surface area contributed by atoms with Gasteiger partial charge in [0.1, 0.15) is 12.1 Å². The quantitative estimate of drug-likeness (QED) is 0.431. The third kappa shape index (κ3) is 4.19. The zero-order valence-corrected chi connectivity index (χ0v) is 15.6. The predicted molar refractivity (Wildman–Crippen MR) is 111 cm³/mol. The summed E-state index contributed by atoms with van der Waals surface area (Å²) in [6, 6.07) is 18.5. The van der Waals surface area contributed by atoms with Gasteiger partial charge in [-0.3, -0.25) is 4.79 Å². The molecule has 0 atom stereocenters. The number of ketones is 1. The minimum absolute atomic E-state index is 0.0221. The van der Waals surface area contributed by atoms with Gasteiger partial charge in [0, 0.05) is 23.0 Å². The van der Waals surface area contributed by atoms with Crippen LogP contribution in [0.25, 0.3) is 5.82 Å². The van der Waals surface area contributed by atoms with Crippen LogP contribution in [0.4, 0.5) is 29.1 Å². The number of hydrogen-bond acceptors (Lipinski definition) is 8. The number of benzene rings is 2. The molecular weight excluding hydrogens is 368 g/mol. The van der Waals surface area contributed by atoms with Crippen LogP contribution in [0, 0.1) is 0 Å². The van der Waals surface area contributed by atoms with Crippen LogP contribution in [0.2, 0.25) is 0 Å². The minimum atomic E-state index is -0.0221. The average molecular weight is 386 g/mol. The van der Waals surface area contributed by atoms with Crippen molar-refractivity contribution in [2.45, 2.75) is 6.92 Å². The third-order valence-corrected chi connectivity index (χ3v) is 4.07. The molecule has 0 amide bonds. The molecule has 2 heterocycles. The Bertz CT molecular complexity index is 1160. The number of hydrogen-bond donors (Lipinski definition) is 3. The zero-order valence-electron chi connectivity index (χ0n) is 15.6. The van der Waals surface area contributed by atoms with Crippen molar-refractivity contribution in [1.82, 2.24) is 24.7 Å². The van der Waals surface area contributed by atoms with Crippen molar-refractivity contribution in [3.05, 3.63) is 72.6 Å². The molecule has 4 aromatic rings. The zero-order chi connectivity index (χ0) is 20.2. The van der Waals surface area contributed by atoms with Crippen molar-refractivity contribution in [3.63, 3.8) is 0 Å². The van der Waals surface area contributed by atoms with Crippen LogP contribution in [-0.2, 0) is 0 Å². The maximum atomic E-state index is 11.6. The fraction of sp³-hybridized carbons (Fsp3) is 0.0500. The molecule has 0 aliphatic carbocycles. The Morgan fingerprint density at radius 2 is 1.76 bits per heavy atom. The summed E-state index contributed by atoms with van der Waals surface area (Å²) in [6.07, 6.45) is 1.42. The number of Topliss-reactive ketones (excluding diaryl/α,β-unsaturated/α-hetero) is 1. The van der Waals surface area contributed by atoms with Crippen molar-refractivity contribution < 1.29 is 4.79 Å². The van der Waals surface area contributed by atoms with E-state index in [-0.39, 0.29) is 11.7 Å². The molecule has 0 spiro atoms. The van der Waals surface area contributed by atoms with Crippen molar-refractivity contribution >= 4 is 34.9 Å². The summed E-state index contributed by atoms with van der Waals surface area (Å²) >= 11 is 0. The van der Waals surface area contributed by atoms with E-state index in [0.29, 0.717) is 28.8 Å². The second-order valence-corrected chi connectivity index (χ2v) is 6.22. The van der Waals surface area contributed by atoms with Gasteiger partial charge in [0.25, 0.3) is 0 Å². The molecule has 9 nitrogen and oxygen atoms in total. The second kappa shape index (κ2) is 7.77. The molecular formula is C20H18N8O. The van der Waals surface area contributed by atoms with Gasteiger partial charge in [-0.2, -0.15) is 9.67 Å². The molecule has 144 valence electrons. The largest absolute Gasteiger partial charge is 0.368 e. The highest BCUT2D eigenvalue weighted by atomic mass is 16.1. The molecule has 0 saturated carbocycles. The van der Waals surface area contributed by atoms with Gasteiger partial charge in [-0.25, -0.2) is 9.97 Å². The molecule has 0 bridgehead atoms. The predicted octanol–water partition coefficient (Wildman–Crippen LogP) is 3.33. The monoisotopic (exact) mass is 386 g/mol. The number of aromatic nitrogens is 5. The van der Waals surface area contributed by atoms with Crippen molar-refractivity contribution in [1.29, 1.82) is 0 Å². The van der Waals surface area contributed by atoms with E-state index in [1.807, 2.05) is 36.4 Å². The van der Waals surface area contributed by atoms with Crippen LogP contribution in [0.5, 0.6) is 0 Å². The van der Waals surface area contributed by atoms with E-state index in [1.165, 1.54) is 17.9 Å². The van der Waals surface area contributed by atoms with Gasteiger partial charge >= 0.3 is 0 Å². The Morgan fingerprint density at radius 3 is 2.55 bits per heavy atom. The van der Waals surface area contributed by atoms with Crippen LogP contribution in [0.3, 0.4) is 0 Å². The van der Waals surface area contributed by atoms with Gasteiger partial charge in [-0.1, -0.05) is 30.3 Å². The lowest BCUT2D eigenvalue weighted by atomic mass is 10.1. The molecule has 0 aliphatic heterocycles. The van der Waals surface area contributed by atoms with Gasteiger partial charge in [0.15, 0.2) is 11.6 Å². The van der Waals surface area contributed by atoms with E-state index in [1.54, 1.807) is 24.3 Å². The van der Waals surface area contributed by atoms with Crippen LogP contribution in [0.1, 0.15) is 17.3 Å². The first-order valence-electron chi connectivity index (χ1n) is 8.83. The third-order valence-electron chi connectivity index (χ3n) is 4.07. The summed E-state index contributed by atoms with van der Waals surface area (Å²) in [6.45, 7) is 1.51. The Balaban J connectivity index is 1.57. The lowest BCUT2D eigenvalue weighted by Gasteiger charge is -2.07. The SMILES string of the molecule is CC(=O)c1cccc(Nc2nc(N)n(-c3cc(Nc4ccccc4)ncn3)n2)c1. The molecule has 29 heavy (non-hydrogen) atoms.